The molecule has 0 bridgehead atoms. The molecule has 0 aromatic carbocycles. The number of nitrogens with one attached hydrogen (secondary N) is 1. The van der Waals surface area contributed by atoms with Crippen molar-refractivity contribution in [2.75, 3.05) is 27.2 Å². The van der Waals surface area contributed by atoms with E-state index in [4.69, 9.17) is 11.1 Å². The number of nitrogens with zero attached hydrogens (tertiary/aromatic N) is 3. The van der Waals surface area contributed by atoms with Gasteiger partial charge in [-0.15, -0.1) is 0 Å². The van der Waals surface area contributed by atoms with E-state index < -0.39 is 5.60 Å². The normalized spacial score (nSPS) is 44.0. The number of rotatable bonds is 7. The van der Waals surface area contributed by atoms with Crippen LogP contribution in [0.25, 0.3) is 0 Å². The van der Waals surface area contributed by atoms with E-state index >= 15 is 0 Å². The summed E-state index contributed by atoms with van der Waals surface area (Å²) in [5.41, 5.74) is 5.41. The maximum absolute atomic E-state index is 12.3. The van der Waals surface area contributed by atoms with Gasteiger partial charge in [-0.25, -0.2) is 5.01 Å². The van der Waals surface area contributed by atoms with Crippen LogP contribution in [0.2, 0.25) is 0 Å². The minimum atomic E-state index is -0.557. The molecule has 5 N–H and O–H groups in total. The Bertz CT molecular complexity index is 774. The SMILES string of the molecule is CN(C)CCN(/N=C/CCC1CC[C@@]2(O)[C@@H]3CCC4CC(O)CC[C@]4(C)[C@@H]3CC[C@]12C)C(=N)N. The third-order valence-electron chi connectivity index (χ3n) is 10.9. The van der Waals surface area contributed by atoms with Crippen molar-refractivity contribution in [2.45, 2.75) is 96.2 Å². The van der Waals surface area contributed by atoms with Crippen molar-refractivity contribution in [1.29, 1.82) is 5.41 Å². The molecule has 0 aliphatic heterocycles. The molecule has 8 atom stereocenters. The second-order valence-corrected chi connectivity index (χ2v) is 12.7. The number of aliphatic hydroxyl groups is 2. The van der Waals surface area contributed by atoms with E-state index in [0.717, 1.165) is 70.8 Å². The average molecular weight is 476 g/mol. The molecule has 34 heavy (non-hydrogen) atoms. The third-order valence-corrected chi connectivity index (χ3v) is 10.9. The first-order valence-electron chi connectivity index (χ1n) is 13.7. The fourth-order valence-electron chi connectivity index (χ4n) is 8.74. The van der Waals surface area contributed by atoms with Crippen LogP contribution in [0, 0.1) is 39.9 Å². The molecule has 4 aliphatic rings. The molecule has 0 aromatic heterocycles. The summed E-state index contributed by atoms with van der Waals surface area (Å²) < 4.78 is 0. The van der Waals surface area contributed by atoms with Crippen LogP contribution in [0.1, 0.15) is 84.5 Å². The van der Waals surface area contributed by atoms with Gasteiger partial charge in [-0.3, -0.25) is 5.41 Å². The smallest absolute Gasteiger partial charge is 0.209 e. The average Bonchev–Trinajstić information content (AvgIpc) is 3.04. The van der Waals surface area contributed by atoms with Crippen molar-refractivity contribution in [3.8, 4) is 0 Å². The molecule has 0 spiro atoms. The zero-order valence-electron chi connectivity index (χ0n) is 22.0. The van der Waals surface area contributed by atoms with Crippen LogP contribution in [-0.4, -0.2) is 71.2 Å². The Kier molecular flexibility index (Phi) is 7.39. The first-order valence-corrected chi connectivity index (χ1v) is 13.7. The predicted molar refractivity (Wildman–Crippen MR) is 138 cm³/mol. The van der Waals surface area contributed by atoms with Gasteiger partial charge in [0.2, 0.25) is 5.96 Å². The lowest BCUT2D eigenvalue weighted by atomic mass is 9.43. The fourth-order valence-corrected chi connectivity index (χ4v) is 8.74. The van der Waals surface area contributed by atoms with Crippen molar-refractivity contribution in [3.63, 3.8) is 0 Å². The monoisotopic (exact) mass is 475 g/mol. The molecular formula is C27H49N5O2. The van der Waals surface area contributed by atoms with E-state index in [9.17, 15) is 10.2 Å². The summed E-state index contributed by atoms with van der Waals surface area (Å²) in [4.78, 5) is 2.06. The molecule has 194 valence electrons. The van der Waals surface area contributed by atoms with Gasteiger partial charge in [0, 0.05) is 12.8 Å². The van der Waals surface area contributed by atoms with E-state index in [1.807, 2.05) is 20.3 Å². The van der Waals surface area contributed by atoms with Gasteiger partial charge in [-0.2, -0.15) is 5.10 Å². The predicted octanol–water partition coefficient (Wildman–Crippen LogP) is 3.64. The minimum Gasteiger partial charge on any atom is -0.393 e. The standard InChI is InChI=1S/C27H49N5O2/c1-25-12-10-21(33)18-20(25)7-8-23-22(25)11-13-26(2)19(9-14-27(23,26)34)6-5-15-30-32(24(28)29)17-16-31(3)4/h15,19-23,33-34H,5-14,16-18H2,1-4H3,(H3,28,29)/b30-15+/t19?,20?,21?,22-,23-,25+,26-,27-/m1/s1. The number of fused-ring (bicyclic) bond motifs is 5. The van der Waals surface area contributed by atoms with E-state index in [2.05, 4.69) is 23.8 Å². The van der Waals surface area contributed by atoms with Crippen molar-refractivity contribution < 1.29 is 10.2 Å². The van der Waals surface area contributed by atoms with E-state index in [1.165, 1.54) is 6.42 Å². The van der Waals surface area contributed by atoms with Gasteiger partial charge in [0.05, 0.1) is 18.2 Å². The fraction of sp³-hybridized carbons (Fsp3) is 0.926. The number of hydrogen-bond donors (Lipinski definition) is 4. The Balaban J connectivity index is 1.40. The second kappa shape index (κ2) is 9.70. The molecular weight excluding hydrogens is 426 g/mol. The first-order chi connectivity index (χ1) is 16.0. The van der Waals surface area contributed by atoms with Crippen molar-refractivity contribution >= 4 is 12.2 Å². The summed E-state index contributed by atoms with van der Waals surface area (Å²) in [5.74, 6) is 2.11. The summed E-state index contributed by atoms with van der Waals surface area (Å²) in [5, 5.41) is 36.4. The summed E-state index contributed by atoms with van der Waals surface area (Å²) in [6, 6.07) is 0. The topological polar surface area (TPSA) is 109 Å². The molecule has 0 radical (unpaired) electrons. The largest absolute Gasteiger partial charge is 0.393 e. The first kappa shape index (κ1) is 25.9. The van der Waals surface area contributed by atoms with E-state index in [-0.39, 0.29) is 22.9 Å². The summed E-state index contributed by atoms with van der Waals surface area (Å²) in [6.45, 7) is 6.26. The Morgan fingerprint density at radius 2 is 1.82 bits per heavy atom. The van der Waals surface area contributed by atoms with Crippen molar-refractivity contribution in [1.82, 2.24) is 9.91 Å². The zero-order valence-corrected chi connectivity index (χ0v) is 22.0. The highest BCUT2D eigenvalue weighted by molar-refractivity contribution is 5.75. The second-order valence-electron chi connectivity index (χ2n) is 12.7. The van der Waals surface area contributed by atoms with Crippen LogP contribution in [0.3, 0.4) is 0 Å². The van der Waals surface area contributed by atoms with Crippen LogP contribution in [0.4, 0.5) is 0 Å². The molecule has 0 saturated heterocycles. The van der Waals surface area contributed by atoms with Crippen molar-refractivity contribution in [2.24, 2.45) is 45.3 Å². The quantitative estimate of drug-likeness (QED) is 0.255. The molecule has 4 saturated carbocycles. The van der Waals surface area contributed by atoms with Crippen LogP contribution in [0.15, 0.2) is 5.10 Å². The highest BCUT2D eigenvalue weighted by Gasteiger charge is 2.66. The Morgan fingerprint density at radius 3 is 2.53 bits per heavy atom. The van der Waals surface area contributed by atoms with Gasteiger partial charge in [0.1, 0.15) is 0 Å². The number of likely N-dealkylation sites (N-methyl/N-ethyl adjacent to an activating group) is 1. The lowest BCUT2D eigenvalue weighted by Gasteiger charge is -2.63. The summed E-state index contributed by atoms with van der Waals surface area (Å²) in [6.07, 6.45) is 13.3. The Labute approximate surface area is 206 Å². The van der Waals surface area contributed by atoms with Crippen LogP contribution >= 0.6 is 0 Å². The minimum absolute atomic E-state index is 0.0158. The molecule has 7 heteroatoms. The lowest BCUT2D eigenvalue weighted by molar-refractivity contribution is -0.210. The maximum Gasteiger partial charge on any atom is 0.209 e. The molecule has 4 rings (SSSR count). The zero-order chi connectivity index (χ0) is 24.7. The van der Waals surface area contributed by atoms with E-state index in [0.29, 0.717) is 30.2 Å². The van der Waals surface area contributed by atoms with Gasteiger partial charge in [0.15, 0.2) is 0 Å². The number of aliphatic hydroxyl groups excluding tert-OH is 1. The molecule has 4 fully saturated rings. The number of hydrogen-bond acceptors (Lipinski definition) is 5. The molecule has 7 nitrogen and oxygen atoms in total. The van der Waals surface area contributed by atoms with Crippen LogP contribution in [0.5, 0.6) is 0 Å². The molecule has 0 amide bonds. The molecule has 0 heterocycles. The van der Waals surface area contributed by atoms with Gasteiger partial charge in [0.25, 0.3) is 0 Å². The van der Waals surface area contributed by atoms with Gasteiger partial charge in [-0.1, -0.05) is 13.8 Å². The number of nitrogens with two attached hydrogens (primary N) is 1. The Morgan fingerprint density at radius 1 is 1.06 bits per heavy atom. The molecule has 3 unspecified atom stereocenters. The van der Waals surface area contributed by atoms with E-state index in [1.54, 1.807) is 5.01 Å². The maximum atomic E-state index is 12.3. The van der Waals surface area contributed by atoms with Gasteiger partial charge in [-0.05, 0) is 119 Å². The van der Waals surface area contributed by atoms with Gasteiger partial charge < -0.3 is 20.8 Å². The third kappa shape index (κ3) is 4.41. The highest BCUT2D eigenvalue weighted by atomic mass is 16.3. The Hall–Kier alpha value is -1.18. The van der Waals surface area contributed by atoms with Gasteiger partial charge >= 0.3 is 0 Å². The van der Waals surface area contributed by atoms with Crippen molar-refractivity contribution in [3.05, 3.63) is 0 Å². The van der Waals surface area contributed by atoms with Crippen LogP contribution in [-0.2, 0) is 0 Å². The highest BCUT2D eigenvalue weighted by Crippen LogP contribution is 2.69. The summed E-state index contributed by atoms with van der Waals surface area (Å²) in [7, 11) is 4.01. The van der Waals surface area contributed by atoms with Crippen LogP contribution < -0.4 is 5.73 Å². The molecule has 0 aromatic rings. The number of guanidine groups is 1. The lowest BCUT2D eigenvalue weighted by Crippen LogP contribution is -2.62. The molecule has 4 aliphatic carbocycles. The number of hydrazone groups is 1. The summed E-state index contributed by atoms with van der Waals surface area (Å²) >= 11 is 0.